The van der Waals surface area contributed by atoms with E-state index >= 15 is 0 Å². The second kappa shape index (κ2) is 4.71. The zero-order valence-electron chi connectivity index (χ0n) is 9.55. The Bertz CT molecular complexity index is 574. The predicted molar refractivity (Wildman–Crippen MR) is 67.6 cm³/mol. The Labute approximate surface area is 101 Å². The number of allylic oxidation sites excluding steroid dienone is 1. The van der Waals surface area contributed by atoms with E-state index in [1.54, 1.807) is 18.2 Å². The molecule has 0 aromatic heterocycles. The Morgan fingerprint density at radius 3 is 2.88 bits per heavy atom. The van der Waals surface area contributed by atoms with Crippen LogP contribution in [-0.4, -0.2) is 20.8 Å². The fourth-order valence-corrected chi connectivity index (χ4v) is 2.92. The molecule has 1 aromatic carbocycles. The highest BCUT2D eigenvalue weighted by atomic mass is 32.2. The van der Waals surface area contributed by atoms with E-state index in [4.69, 9.17) is 0 Å². The van der Waals surface area contributed by atoms with Gasteiger partial charge in [-0.05, 0) is 25.5 Å². The third-order valence-corrected chi connectivity index (χ3v) is 3.86. The molecule has 4 nitrogen and oxygen atoms in total. The highest BCUT2D eigenvalue weighted by Crippen LogP contribution is 2.21. The normalized spacial score (nSPS) is 19.5. The van der Waals surface area contributed by atoms with Crippen LogP contribution in [0.25, 0.3) is 0 Å². The summed E-state index contributed by atoms with van der Waals surface area (Å²) in [6, 6.07) is 6.87. The molecule has 0 spiro atoms. The summed E-state index contributed by atoms with van der Waals surface area (Å²) in [5.74, 6) is 0.449. The molecular weight excluding hydrogens is 236 g/mol. The van der Waals surface area contributed by atoms with Gasteiger partial charge in [-0.3, -0.25) is 9.71 Å². The van der Waals surface area contributed by atoms with Crippen LogP contribution in [0.2, 0.25) is 0 Å². The van der Waals surface area contributed by atoms with E-state index in [0.29, 0.717) is 22.8 Å². The summed E-state index contributed by atoms with van der Waals surface area (Å²) in [7, 11) is -3.40. The summed E-state index contributed by atoms with van der Waals surface area (Å²) >= 11 is 0. The lowest BCUT2D eigenvalue weighted by Gasteiger charge is -1.97. The van der Waals surface area contributed by atoms with Crippen LogP contribution in [0.5, 0.6) is 0 Å². The summed E-state index contributed by atoms with van der Waals surface area (Å²) in [4.78, 5) is 4.58. The van der Waals surface area contributed by atoms with Gasteiger partial charge in [0.2, 0.25) is 0 Å². The first-order valence-corrected chi connectivity index (χ1v) is 6.91. The van der Waals surface area contributed by atoms with E-state index in [1.807, 2.05) is 25.1 Å². The Balaban J connectivity index is 2.29. The number of hydrogen-bond donors (Lipinski definition) is 1. The molecule has 90 valence electrons. The second-order valence-corrected chi connectivity index (χ2v) is 5.34. The second-order valence-electron chi connectivity index (χ2n) is 3.69. The molecule has 1 aliphatic rings. The molecule has 0 atom stereocenters. The van der Waals surface area contributed by atoms with Gasteiger partial charge >= 0.3 is 0 Å². The molecule has 2 rings (SSSR count). The minimum Gasteiger partial charge on any atom is -0.267 e. The van der Waals surface area contributed by atoms with Crippen molar-refractivity contribution in [3.8, 4) is 0 Å². The van der Waals surface area contributed by atoms with Crippen LogP contribution in [0.3, 0.4) is 0 Å². The summed E-state index contributed by atoms with van der Waals surface area (Å²) in [5, 5.41) is 0. The van der Waals surface area contributed by atoms with Gasteiger partial charge in [-0.15, -0.1) is 0 Å². The molecule has 5 heteroatoms. The molecule has 0 fully saturated rings. The summed E-state index contributed by atoms with van der Waals surface area (Å²) in [6.45, 7) is 2.53. The van der Waals surface area contributed by atoms with E-state index < -0.39 is 10.0 Å². The average Bonchev–Trinajstić information content (AvgIpc) is 2.58. The zero-order chi connectivity index (χ0) is 12.3. The predicted octanol–water partition coefficient (Wildman–Crippen LogP) is 1.69. The van der Waals surface area contributed by atoms with Crippen LogP contribution in [0.1, 0.15) is 18.9 Å². The third kappa shape index (κ3) is 2.39. The van der Waals surface area contributed by atoms with Crippen molar-refractivity contribution in [3.63, 3.8) is 0 Å². The molecule has 0 aliphatic carbocycles. The average molecular weight is 250 g/mol. The number of rotatable bonds is 3. The number of hydrogen-bond acceptors (Lipinski definition) is 3. The molecule has 0 amide bonds. The minimum atomic E-state index is -3.40. The monoisotopic (exact) mass is 250 g/mol. The maximum Gasteiger partial charge on any atom is 0.263 e. The highest BCUT2D eigenvalue weighted by molar-refractivity contribution is 7.90. The number of fused-ring (bicyclic) bond motifs is 1. The molecule has 0 saturated carbocycles. The van der Waals surface area contributed by atoms with Crippen molar-refractivity contribution in [1.82, 2.24) is 4.72 Å². The number of nitrogens with zero attached hydrogens (tertiary/aromatic N) is 1. The summed E-state index contributed by atoms with van der Waals surface area (Å²) in [6.07, 6.45) is 4.76. The van der Waals surface area contributed by atoms with Gasteiger partial charge in [0.25, 0.3) is 10.0 Å². The van der Waals surface area contributed by atoms with Gasteiger partial charge in [0.05, 0.1) is 4.90 Å². The molecule has 0 bridgehead atoms. The molecular formula is C12H14N2O2S. The van der Waals surface area contributed by atoms with Crippen LogP contribution in [0.15, 0.2) is 46.3 Å². The molecule has 0 radical (unpaired) electrons. The number of amidine groups is 1. The van der Waals surface area contributed by atoms with Gasteiger partial charge in [-0.2, -0.15) is 0 Å². The van der Waals surface area contributed by atoms with Crippen molar-refractivity contribution in [2.24, 2.45) is 4.99 Å². The Kier molecular flexibility index (Phi) is 3.28. The number of sulfonamides is 1. The molecule has 0 saturated heterocycles. The Morgan fingerprint density at radius 2 is 2.12 bits per heavy atom. The Morgan fingerprint density at radius 1 is 1.35 bits per heavy atom. The molecule has 1 heterocycles. The van der Waals surface area contributed by atoms with E-state index in [1.165, 1.54) is 0 Å². The first kappa shape index (κ1) is 11.9. The lowest BCUT2D eigenvalue weighted by atomic mass is 10.2. The van der Waals surface area contributed by atoms with Crippen LogP contribution >= 0.6 is 0 Å². The first-order valence-electron chi connectivity index (χ1n) is 5.43. The molecule has 0 unspecified atom stereocenters. The van der Waals surface area contributed by atoms with Crippen molar-refractivity contribution >= 4 is 15.9 Å². The standard InChI is InChI=1S/C12H14N2O2S/c1-2-3-6-9-13-12-10-7-4-5-8-11(10)17(15,16)14-12/h2-5,7-8H,6,9H2,1H3,(H,13,14)/b3-2+. The van der Waals surface area contributed by atoms with E-state index in [2.05, 4.69) is 9.71 Å². The van der Waals surface area contributed by atoms with Crippen LogP contribution in [0, 0.1) is 0 Å². The van der Waals surface area contributed by atoms with E-state index in [0.717, 1.165) is 6.42 Å². The molecule has 1 N–H and O–H groups in total. The van der Waals surface area contributed by atoms with Gasteiger partial charge in [-0.25, -0.2) is 8.42 Å². The Hall–Kier alpha value is -1.62. The summed E-state index contributed by atoms with van der Waals surface area (Å²) in [5.41, 5.74) is 0.660. The van der Waals surface area contributed by atoms with Crippen molar-refractivity contribution in [2.45, 2.75) is 18.2 Å². The minimum absolute atomic E-state index is 0.310. The van der Waals surface area contributed by atoms with Crippen molar-refractivity contribution in [2.75, 3.05) is 6.54 Å². The van der Waals surface area contributed by atoms with Crippen molar-refractivity contribution in [1.29, 1.82) is 0 Å². The fourth-order valence-electron chi connectivity index (χ4n) is 1.67. The SMILES string of the molecule is C/C=C/CCN=C1NS(=O)(=O)c2ccccc21. The lowest BCUT2D eigenvalue weighted by Crippen LogP contribution is -2.22. The zero-order valence-corrected chi connectivity index (χ0v) is 10.4. The largest absolute Gasteiger partial charge is 0.267 e. The molecule has 1 aromatic rings. The molecule has 17 heavy (non-hydrogen) atoms. The van der Waals surface area contributed by atoms with Gasteiger partial charge in [0, 0.05) is 12.1 Å². The van der Waals surface area contributed by atoms with Gasteiger partial charge < -0.3 is 0 Å². The van der Waals surface area contributed by atoms with Crippen LogP contribution in [-0.2, 0) is 10.0 Å². The van der Waals surface area contributed by atoms with Gasteiger partial charge in [0.15, 0.2) is 0 Å². The smallest absolute Gasteiger partial charge is 0.263 e. The maximum atomic E-state index is 11.7. The van der Waals surface area contributed by atoms with E-state index in [-0.39, 0.29) is 0 Å². The quantitative estimate of drug-likeness (QED) is 0.655. The maximum absolute atomic E-state index is 11.7. The van der Waals surface area contributed by atoms with Gasteiger partial charge in [0.1, 0.15) is 5.84 Å². The van der Waals surface area contributed by atoms with Crippen molar-refractivity contribution < 1.29 is 8.42 Å². The summed E-state index contributed by atoms with van der Waals surface area (Å²) < 4.78 is 26.0. The number of aliphatic imine (C=N–C) groups is 1. The molecule has 1 aliphatic heterocycles. The number of nitrogens with one attached hydrogen (secondary N) is 1. The topological polar surface area (TPSA) is 58.5 Å². The lowest BCUT2D eigenvalue weighted by molar-refractivity contribution is 0.595. The fraction of sp³-hybridized carbons (Fsp3) is 0.250. The van der Waals surface area contributed by atoms with Gasteiger partial charge in [-0.1, -0.05) is 24.3 Å². The first-order chi connectivity index (χ1) is 8.15. The third-order valence-electron chi connectivity index (χ3n) is 2.46. The van der Waals surface area contributed by atoms with E-state index in [9.17, 15) is 8.42 Å². The van der Waals surface area contributed by atoms with Crippen molar-refractivity contribution in [3.05, 3.63) is 42.0 Å². The number of benzene rings is 1. The van der Waals surface area contributed by atoms with Crippen LogP contribution < -0.4 is 4.72 Å². The highest BCUT2D eigenvalue weighted by Gasteiger charge is 2.29. The van der Waals surface area contributed by atoms with Crippen LogP contribution in [0.4, 0.5) is 0 Å².